The number of nitrogens with two attached hydrogens (primary N) is 1. The highest BCUT2D eigenvalue weighted by Crippen LogP contribution is 2.21. The first-order valence-corrected chi connectivity index (χ1v) is 9.48. The van der Waals surface area contributed by atoms with Gasteiger partial charge in [-0.2, -0.15) is 0 Å². The average Bonchev–Trinajstić information content (AvgIpc) is 2.24. The van der Waals surface area contributed by atoms with Gasteiger partial charge in [-0.3, -0.25) is 0 Å². The van der Waals surface area contributed by atoms with Crippen LogP contribution in [0.2, 0.25) is 19.6 Å². The van der Waals surface area contributed by atoms with Crippen LogP contribution in [0, 0.1) is 0 Å². The summed E-state index contributed by atoms with van der Waals surface area (Å²) in [7, 11) is -1.51. The summed E-state index contributed by atoms with van der Waals surface area (Å²) in [6.45, 7) is 10.2. The molecule has 1 aromatic carbocycles. The Bertz CT molecular complexity index is 359. The molecule has 18 heavy (non-hydrogen) atoms. The fourth-order valence-electron chi connectivity index (χ4n) is 1.60. The van der Waals surface area contributed by atoms with Crippen LogP contribution in [0.5, 0.6) is 5.75 Å². The highest BCUT2D eigenvalue weighted by atomic mass is 35.5. The Balaban J connectivity index is 0.00000289. The zero-order chi connectivity index (χ0) is 12.9. The minimum Gasteiger partial charge on any atom is -0.544 e. The van der Waals surface area contributed by atoms with Crippen molar-refractivity contribution >= 4 is 20.7 Å². The van der Waals surface area contributed by atoms with E-state index in [9.17, 15) is 0 Å². The van der Waals surface area contributed by atoms with Crippen molar-refractivity contribution in [2.75, 3.05) is 0 Å². The van der Waals surface area contributed by atoms with Crippen molar-refractivity contribution in [3.8, 4) is 5.75 Å². The van der Waals surface area contributed by atoms with E-state index in [1.807, 2.05) is 18.2 Å². The van der Waals surface area contributed by atoms with Crippen LogP contribution >= 0.6 is 12.4 Å². The SMILES string of the molecule is C=CCC[C@H](N)c1ccc(O[Si](C)(C)C)cc1.Cl. The van der Waals surface area contributed by atoms with Crippen molar-refractivity contribution < 1.29 is 4.43 Å². The van der Waals surface area contributed by atoms with Crippen LogP contribution in [-0.2, 0) is 0 Å². The van der Waals surface area contributed by atoms with E-state index < -0.39 is 8.32 Å². The van der Waals surface area contributed by atoms with Gasteiger partial charge in [0, 0.05) is 6.04 Å². The molecule has 1 aromatic rings. The maximum atomic E-state index is 6.08. The van der Waals surface area contributed by atoms with E-state index in [-0.39, 0.29) is 18.4 Å². The van der Waals surface area contributed by atoms with Crippen LogP contribution in [0.1, 0.15) is 24.4 Å². The normalized spacial score (nSPS) is 12.4. The molecule has 0 bridgehead atoms. The molecule has 0 spiro atoms. The van der Waals surface area contributed by atoms with Crippen molar-refractivity contribution in [1.29, 1.82) is 0 Å². The number of halogens is 1. The molecule has 102 valence electrons. The largest absolute Gasteiger partial charge is 0.544 e. The number of allylic oxidation sites excluding steroid dienone is 1. The van der Waals surface area contributed by atoms with E-state index in [2.05, 4.69) is 38.4 Å². The van der Waals surface area contributed by atoms with Crippen molar-refractivity contribution in [1.82, 2.24) is 0 Å². The summed E-state index contributed by atoms with van der Waals surface area (Å²) >= 11 is 0. The average molecular weight is 286 g/mol. The lowest BCUT2D eigenvalue weighted by molar-refractivity contribution is 0.556. The molecule has 0 amide bonds. The highest BCUT2D eigenvalue weighted by molar-refractivity contribution is 6.70. The topological polar surface area (TPSA) is 35.2 Å². The van der Waals surface area contributed by atoms with E-state index in [1.165, 1.54) is 0 Å². The minimum atomic E-state index is -1.51. The fourth-order valence-corrected chi connectivity index (χ4v) is 2.44. The molecule has 0 aromatic heterocycles. The molecule has 0 aliphatic rings. The minimum absolute atomic E-state index is 0. The van der Waals surface area contributed by atoms with Gasteiger partial charge >= 0.3 is 0 Å². The lowest BCUT2D eigenvalue weighted by Gasteiger charge is -2.19. The number of hydrogen-bond donors (Lipinski definition) is 1. The zero-order valence-corrected chi connectivity index (χ0v) is 13.3. The first-order valence-electron chi connectivity index (χ1n) is 6.08. The van der Waals surface area contributed by atoms with E-state index in [0.29, 0.717) is 0 Å². The molecule has 2 N–H and O–H groups in total. The maximum absolute atomic E-state index is 6.08. The monoisotopic (exact) mass is 285 g/mol. The summed E-state index contributed by atoms with van der Waals surface area (Å²) in [5, 5.41) is 0. The summed E-state index contributed by atoms with van der Waals surface area (Å²) in [5.74, 6) is 0.948. The van der Waals surface area contributed by atoms with Crippen molar-refractivity contribution in [3.05, 3.63) is 42.5 Å². The van der Waals surface area contributed by atoms with Crippen LogP contribution in [0.15, 0.2) is 36.9 Å². The van der Waals surface area contributed by atoms with Crippen LogP contribution in [0.3, 0.4) is 0 Å². The molecule has 0 aliphatic carbocycles. The van der Waals surface area contributed by atoms with Gasteiger partial charge in [0.2, 0.25) is 8.32 Å². The second-order valence-corrected chi connectivity index (χ2v) is 9.68. The quantitative estimate of drug-likeness (QED) is 0.625. The van der Waals surface area contributed by atoms with Gasteiger partial charge in [-0.15, -0.1) is 19.0 Å². The third kappa shape index (κ3) is 6.24. The highest BCUT2D eigenvalue weighted by Gasteiger charge is 2.16. The second-order valence-electron chi connectivity index (χ2n) is 5.26. The summed E-state index contributed by atoms with van der Waals surface area (Å²) in [4.78, 5) is 0. The van der Waals surface area contributed by atoms with E-state index in [4.69, 9.17) is 10.2 Å². The molecular formula is C14H24ClNOSi. The number of hydrogen-bond acceptors (Lipinski definition) is 2. The smallest absolute Gasteiger partial charge is 0.242 e. The first-order chi connectivity index (χ1) is 7.92. The van der Waals surface area contributed by atoms with Gasteiger partial charge in [-0.25, -0.2) is 0 Å². The lowest BCUT2D eigenvalue weighted by atomic mass is 10.0. The van der Waals surface area contributed by atoms with Gasteiger partial charge < -0.3 is 10.2 Å². The lowest BCUT2D eigenvalue weighted by Crippen LogP contribution is -2.29. The van der Waals surface area contributed by atoms with E-state index >= 15 is 0 Å². The van der Waals surface area contributed by atoms with Gasteiger partial charge in [0.15, 0.2) is 0 Å². The summed E-state index contributed by atoms with van der Waals surface area (Å²) in [6, 6.07) is 8.24. The van der Waals surface area contributed by atoms with Crippen molar-refractivity contribution in [2.24, 2.45) is 5.73 Å². The molecule has 0 fully saturated rings. The Morgan fingerprint density at radius 1 is 1.28 bits per heavy atom. The third-order valence-corrected chi connectivity index (χ3v) is 3.26. The zero-order valence-electron chi connectivity index (χ0n) is 11.5. The van der Waals surface area contributed by atoms with Gasteiger partial charge in [-0.1, -0.05) is 18.2 Å². The van der Waals surface area contributed by atoms with Gasteiger partial charge in [-0.05, 0) is 50.2 Å². The molecule has 1 atom stereocenters. The van der Waals surface area contributed by atoms with Crippen LogP contribution in [0.25, 0.3) is 0 Å². The molecule has 1 rings (SSSR count). The molecular weight excluding hydrogens is 262 g/mol. The first kappa shape index (κ1) is 17.2. The molecule has 0 aliphatic heterocycles. The van der Waals surface area contributed by atoms with Crippen molar-refractivity contribution in [2.45, 2.75) is 38.5 Å². The summed E-state index contributed by atoms with van der Waals surface area (Å²) in [6.07, 6.45) is 3.80. The molecule has 0 heterocycles. The van der Waals surface area contributed by atoms with Crippen molar-refractivity contribution in [3.63, 3.8) is 0 Å². The molecule has 0 saturated carbocycles. The Morgan fingerprint density at radius 3 is 2.28 bits per heavy atom. The molecule has 2 nitrogen and oxygen atoms in total. The molecule has 0 unspecified atom stereocenters. The van der Waals surface area contributed by atoms with Crippen LogP contribution in [-0.4, -0.2) is 8.32 Å². The van der Waals surface area contributed by atoms with Crippen LogP contribution < -0.4 is 10.2 Å². The van der Waals surface area contributed by atoms with E-state index in [0.717, 1.165) is 24.2 Å². The summed E-state index contributed by atoms with van der Waals surface area (Å²) in [5.41, 5.74) is 7.24. The standard InChI is InChI=1S/C14H23NOSi.ClH/c1-5-6-7-14(15)12-8-10-13(11-9-12)16-17(2,3)4;/h5,8-11,14H,1,6-7,15H2,2-4H3;1H/t14-;/m0./s1. The Morgan fingerprint density at radius 2 is 1.83 bits per heavy atom. The van der Waals surface area contributed by atoms with Crippen LogP contribution in [0.4, 0.5) is 0 Å². The van der Waals surface area contributed by atoms with Gasteiger partial charge in [0.25, 0.3) is 0 Å². The Hall–Kier alpha value is -0.773. The summed E-state index contributed by atoms with van der Waals surface area (Å²) < 4.78 is 5.90. The maximum Gasteiger partial charge on any atom is 0.242 e. The van der Waals surface area contributed by atoms with Gasteiger partial charge in [0.1, 0.15) is 5.75 Å². The predicted molar refractivity (Wildman–Crippen MR) is 84.0 cm³/mol. The fraction of sp³-hybridized carbons (Fsp3) is 0.429. The number of benzene rings is 1. The second kappa shape index (κ2) is 7.62. The predicted octanol–water partition coefficient (Wildman–Crippen LogP) is 4.29. The third-order valence-electron chi connectivity index (χ3n) is 2.41. The molecule has 0 radical (unpaired) electrons. The van der Waals surface area contributed by atoms with Gasteiger partial charge in [0.05, 0.1) is 0 Å². The molecule has 0 saturated heterocycles. The number of rotatable bonds is 6. The van der Waals surface area contributed by atoms with E-state index in [1.54, 1.807) is 0 Å². The Kier molecular flexibility index (Phi) is 7.29. The Labute approximate surface area is 118 Å². The molecule has 4 heteroatoms.